The first-order valence-corrected chi connectivity index (χ1v) is 7.47. The van der Waals surface area contributed by atoms with Crippen molar-refractivity contribution in [3.05, 3.63) is 58.0 Å². The van der Waals surface area contributed by atoms with Crippen LogP contribution in [0.3, 0.4) is 0 Å². The van der Waals surface area contributed by atoms with Gasteiger partial charge < -0.3 is 0 Å². The van der Waals surface area contributed by atoms with Crippen LogP contribution in [0, 0.1) is 5.82 Å². The molecule has 0 aliphatic rings. The molecule has 0 saturated heterocycles. The highest BCUT2D eigenvalue weighted by Gasteiger charge is 2.09. The molecule has 1 aromatic carbocycles. The molecule has 3 heteroatoms. The van der Waals surface area contributed by atoms with Gasteiger partial charge in [0.05, 0.1) is 0 Å². The van der Waals surface area contributed by atoms with Crippen LogP contribution in [0.2, 0.25) is 0 Å². The molecule has 1 aromatic heterocycles. The van der Waals surface area contributed by atoms with Gasteiger partial charge >= 0.3 is 0 Å². The van der Waals surface area contributed by atoms with Crippen LogP contribution in [-0.2, 0) is 12.8 Å². The van der Waals surface area contributed by atoms with E-state index >= 15 is 0 Å². The van der Waals surface area contributed by atoms with Crippen LogP contribution in [-0.4, -0.2) is 5.38 Å². The summed E-state index contributed by atoms with van der Waals surface area (Å²) in [6.07, 6.45) is 3.66. The molecule has 0 aliphatic heterocycles. The summed E-state index contributed by atoms with van der Waals surface area (Å²) in [5, 5.41) is 2.11. The summed E-state index contributed by atoms with van der Waals surface area (Å²) < 4.78 is 13.4. The lowest BCUT2D eigenvalue weighted by molar-refractivity contribution is 0.597. The van der Waals surface area contributed by atoms with Crippen molar-refractivity contribution < 1.29 is 4.39 Å². The van der Waals surface area contributed by atoms with Crippen molar-refractivity contribution in [2.45, 2.75) is 31.1 Å². The first-order chi connectivity index (χ1) is 8.75. The van der Waals surface area contributed by atoms with Gasteiger partial charge in [-0.15, -0.1) is 22.9 Å². The van der Waals surface area contributed by atoms with E-state index in [9.17, 15) is 4.39 Å². The molecule has 0 amide bonds. The van der Waals surface area contributed by atoms with Gasteiger partial charge in [-0.05, 0) is 48.8 Å². The van der Waals surface area contributed by atoms with Gasteiger partial charge in [-0.2, -0.15) is 0 Å². The van der Waals surface area contributed by atoms with E-state index in [1.54, 1.807) is 17.4 Å². The summed E-state index contributed by atoms with van der Waals surface area (Å²) in [7, 11) is 0. The maximum atomic E-state index is 13.4. The van der Waals surface area contributed by atoms with E-state index in [-0.39, 0.29) is 11.2 Å². The van der Waals surface area contributed by atoms with E-state index in [0.717, 1.165) is 19.3 Å². The summed E-state index contributed by atoms with van der Waals surface area (Å²) in [6.45, 7) is 0. The molecule has 0 aliphatic carbocycles. The molecule has 0 radical (unpaired) electrons. The van der Waals surface area contributed by atoms with Crippen LogP contribution in [0.5, 0.6) is 0 Å². The Hall–Kier alpha value is -0.860. The van der Waals surface area contributed by atoms with Gasteiger partial charge in [0.25, 0.3) is 0 Å². The lowest BCUT2D eigenvalue weighted by atomic mass is 10.0. The highest BCUT2D eigenvalue weighted by molar-refractivity contribution is 7.09. The fourth-order valence-electron chi connectivity index (χ4n) is 1.96. The number of aryl methyl sites for hydroxylation is 1. The van der Waals surface area contributed by atoms with E-state index in [4.69, 9.17) is 11.6 Å². The van der Waals surface area contributed by atoms with Crippen LogP contribution in [0.4, 0.5) is 4.39 Å². The predicted molar refractivity (Wildman–Crippen MR) is 77.0 cm³/mol. The van der Waals surface area contributed by atoms with Crippen molar-refractivity contribution in [1.29, 1.82) is 0 Å². The van der Waals surface area contributed by atoms with Crippen LogP contribution in [0.15, 0.2) is 41.8 Å². The molecule has 0 nitrogen and oxygen atoms in total. The Balaban J connectivity index is 1.75. The molecule has 0 spiro atoms. The molecule has 1 unspecified atom stereocenters. The van der Waals surface area contributed by atoms with Gasteiger partial charge in [0, 0.05) is 10.3 Å². The van der Waals surface area contributed by atoms with Gasteiger partial charge in [-0.25, -0.2) is 4.39 Å². The number of thiophene rings is 1. The Kier molecular flexibility index (Phi) is 5.21. The number of alkyl halides is 1. The van der Waals surface area contributed by atoms with Crippen molar-refractivity contribution in [2.24, 2.45) is 0 Å². The fraction of sp³-hybridized carbons (Fsp3) is 0.333. The highest BCUT2D eigenvalue weighted by Crippen LogP contribution is 2.18. The van der Waals surface area contributed by atoms with Crippen molar-refractivity contribution in [3.8, 4) is 0 Å². The normalized spacial score (nSPS) is 12.6. The van der Waals surface area contributed by atoms with Gasteiger partial charge in [-0.3, -0.25) is 0 Å². The van der Waals surface area contributed by atoms with Gasteiger partial charge in [0.15, 0.2) is 0 Å². The Morgan fingerprint density at radius 1 is 1.17 bits per heavy atom. The first-order valence-electron chi connectivity index (χ1n) is 6.15. The second-order valence-electron chi connectivity index (χ2n) is 4.36. The number of rotatable bonds is 6. The molecule has 1 atom stereocenters. The Bertz CT molecular complexity index is 467. The number of benzene rings is 1. The lowest BCUT2D eigenvalue weighted by Crippen LogP contribution is -2.05. The summed E-state index contributed by atoms with van der Waals surface area (Å²) in [6, 6.07) is 11.1. The fourth-order valence-corrected chi connectivity index (χ4v) is 3.03. The summed E-state index contributed by atoms with van der Waals surface area (Å²) in [5.41, 5.74) is 0.716. The molecule has 0 fully saturated rings. The summed E-state index contributed by atoms with van der Waals surface area (Å²) in [4.78, 5) is 1.39. The third kappa shape index (κ3) is 4.11. The topological polar surface area (TPSA) is 0 Å². The van der Waals surface area contributed by atoms with Crippen molar-refractivity contribution in [3.63, 3.8) is 0 Å². The quantitative estimate of drug-likeness (QED) is 0.650. The van der Waals surface area contributed by atoms with E-state index < -0.39 is 0 Å². The Labute approximate surface area is 116 Å². The Morgan fingerprint density at radius 3 is 2.72 bits per heavy atom. The van der Waals surface area contributed by atoms with Gasteiger partial charge in [-0.1, -0.05) is 24.3 Å². The van der Waals surface area contributed by atoms with Crippen LogP contribution in [0.25, 0.3) is 0 Å². The average Bonchev–Trinajstić information content (AvgIpc) is 2.85. The largest absolute Gasteiger partial charge is 0.207 e. The van der Waals surface area contributed by atoms with Crippen molar-refractivity contribution in [1.82, 2.24) is 0 Å². The zero-order chi connectivity index (χ0) is 12.8. The highest BCUT2D eigenvalue weighted by atomic mass is 35.5. The second-order valence-corrected chi connectivity index (χ2v) is 6.01. The average molecular weight is 283 g/mol. The van der Waals surface area contributed by atoms with Gasteiger partial charge in [0.1, 0.15) is 5.82 Å². The predicted octanol–water partition coefficient (Wildman–Crippen LogP) is 5.06. The Morgan fingerprint density at radius 2 is 2.00 bits per heavy atom. The molecule has 0 bridgehead atoms. The summed E-state index contributed by atoms with van der Waals surface area (Å²) >= 11 is 8.04. The zero-order valence-corrected chi connectivity index (χ0v) is 11.7. The third-order valence-corrected chi connectivity index (χ3v) is 4.23. The van der Waals surface area contributed by atoms with E-state index in [0.29, 0.717) is 12.0 Å². The molecule has 0 N–H and O–H groups in total. The molecule has 2 rings (SSSR count). The van der Waals surface area contributed by atoms with Crippen LogP contribution >= 0.6 is 22.9 Å². The molecule has 2 aromatic rings. The molecule has 96 valence electrons. The molecule has 18 heavy (non-hydrogen) atoms. The maximum absolute atomic E-state index is 13.4. The van der Waals surface area contributed by atoms with E-state index in [1.807, 2.05) is 12.1 Å². The SMILES string of the molecule is Fc1ccccc1CC(Cl)CCCc1cccs1. The molecular weight excluding hydrogens is 267 g/mol. The van der Waals surface area contributed by atoms with Crippen LogP contribution < -0.4 is 0 Å². The molecule has 1 heterocycles. The smallest absolute Gasteiger partial charge is 0.126 e. The monoisotopic (exact) mass is 282 g/mol. The summed E-state index contributed by atoms with van der Waals surface area (Å²) in [5.74, 6) is -0.151. The minimum Gasteiger partial charge on any atom is -0.207 e. The van der Waals surface area contributed by atoms with E-state index in [1.165, 1.54) is 10.9 Å². The first kappa shape index (κ1) is 13.6. The standard InChI is InChI=1S/C15H16ClFS/c16-13(6-3-7-14-8-4-10-18-14)11-12-5-1-2-9-15(12)17/h1-2,4-5,8-10,13H,3,6-7,11H2. The molecule has 0 saturated carbocycles. The lowest BCUT2D eigenvalue weighted by Gasteiger charge is -2.09. The van der Waals surface area contributed by atoms with Crippen molar-refractivity contribution >= 4 is 22.9 Å². The maximum Gasteiger partial charge on any atom is 0.126 e. The zero-order valence-electron chi connectivity index (χ0n) is 10.1. The number of halogens is 2. The van der Waals surface area contributed by atoms with E-state index in [2.05, 4.69) is 17.5 Å². The van der Waals surface area contributed by atoms with Gasteiger partial charge in [0.2, 0.25) is 0 Å². The third-order valence-electron chi connectivity index (χ3n) is 2.92. The number of hydrogen-bond acceptors (Lipinski definition) is 1. The minimum atomic E-state index is -0.151. The van der Waals surface area contributed by atoms with Crippen LogP contribution in [0.1, 0.15) is 23.3 Å². The molecular formula is C15H16ClFS. The number of hydrogen-bond donors (Lipinski definition) is 0. The van der Waals surface area contributed by atoms with Crippen molar-refractivity contribution in [2.75, 3.05) is 0 Å². The minimum absolute atomic E-state index is 0.0156. The second kappa shape index (κ2) is 6.91.